The van der Waals surface area contributed by atoms with Gasteiger partial charge in [0.1, 0.15) is 5.75 Å². The highest BCUT2D eigenvalue weighted by molar-refractivity contribution is 8.00. The van der Waals surface area contributed by atoms with Crippen LogP contribution in [-0.2, 0) is 16.0 Å². The van der Waals surface area contributed by atoms with Crippen LogP contribution in [0.5, 0.6) is 5.75 Å². The van der Waals surface area contributed by atoms with Gasteiger partial charge in [0.25, 0.3) is 0 Å². The van der Waals surface area contributed by atoms with Gasteiger partial charge in [-0.3, -0.25) is 9.59 Å². The zero-order chi connectivity index (χ0) is 19.8. The maximum Gasteiger partial charge on any atom is 0.243 e. The fraction of sp³-hybridized carbons (Fsp3) is 0.333. The van der Waals surface area contributed by atoms with Crippen molar-refractivity contribution in [1.29, 1.82) is 0 Å². The van der Waals surface area contributed by atoms with E-state index in [4.69, 9.17) is 4.74 Å². The summed E-state index contributed by atoms with van der Waals surface area (Å²) in [5.41, 5.74) is 1.86. The molecule has 27 heavy (non-hydrogen) atoms. The SMILES string of the molecule is CCc1ccccc1NC(=O)CN(C)C(=O)C(C)Sc1ccccc1OC. The number of para-hydroxylation sites is 2. The molecule has 2 aromatic rings. The molecule has 0 saturated carbocycles. The standard InChI is InChI=1S/C21H26N2O3S/c1-5-16-10-6-7-11-17(16)22-20(24)14-23(3)21(25)15(2)27-19-13-9-8-12-18(19)26-4/h6-13,15H,5,14H2,1-4H3,(H,22,24). The molecule has 0 aliphatic rings. The van der Waals surface area contributed by atoms with E-state index in [2.05, 4.69) is 5.32 Å². The molecular weight excluding hydrogens is 360 g/mol. The molecule has 6 heteroatoms. The number of nitrogens with one attached hydrogen (secondary N) is 1. The molecule has 2 rings (SSSR count). The Kier molecular flexibility index (Phi) is 7.73. The van der Waals surface area contributed by atoms with Crippen LogP contribution < -0.4 is 10.1 Å². The number of benzene rings is 2. The van der Waals surface area contributed by atoms with Crippen molar-refractivity contribution in [2.24, 2.45) is 0 Å². The number of carbonyl (C=O) groups excluding carboxylic acids is 2. The first-order valence-corrected chi connectivity index (χ1v) is 9.76. The van der Waals surface area contributed by atoms with E-state index < -0.39 is 0 Å². The fourth-order valence-electron chi connectivity index (χ4n) is 2.70. The molecule has 1 unspecified atom stereocenters. The average Bonchev–Trinajstić information content (AvgIpc) is 2.68. The van der Waals surface area contributed by atoms with Crippen molar-refractivity contribution in [1.82, 2.24) is 4.90 Å². The minimum absolute atomic E-state index is 0.00765. The van der Waals surface area contributed by atoms with Gasteiger partial charge in [-0.15, -0.1) is 11.8 Å². The molecule has 144 valence electrons. The van der Waals surface area contributed by atoms with Crippen LogP contribution in [0.15, 0.2) is 53.4 Å². The Balaban J connectivity index is 1.95. The van der Waals surface area contributed by atoms with E-state index in [9.17, 15) is 9.59 Å². The Labute approximate surface area is 165 Å². The number of amides is 2. The van der Waals surface area contributed by atoms with E-state index >= 15 is 0 Å². The quantitative estimate of drug-likeness (QED) is 0.701. The first kappa shape index (κ1) is 20.8. The summed E-state index contributed by atoms with van der Waals surface area (Å²) < 4.78 is 5.33. The molecule has 2 amide bonds. The molecule has 0 spiro atoms. The summed E-state index contributed by atoms with van der Waals surface area (Å²) in [4.78, 5) is 27.3. The van der Waals surface area contributed by atoms with Crippen LogP contribution >= 0.6 is 11.8 Å². The number of anilines is 1. The summed E-state index contributed by atoms with van der Waals surface area (Å²) >= 11 is 1.42. The Bertz CT molecular complexity index is 795. The molecule has 1 N–H and O–H groups in total. The lowest BCUT2D eigenvalue weighted by Gasteiger charge is -2.21. The van der Waals surface area contributed by atoms with E-state index in [0.717, 1.165) is 28.3 Å². The Hall–Kier alpha value is -2.47. The van der Waals surface area contributed by atoms with E-state index in [-0.39, 0.29) is 23.6 Å². The van der Waals surface area contributed by atoms with Crippen LogP contribution in [0, 0.1) is 0 Å². The number of rotatable bonds is 8. The highest BCUT2D eigenvalue weighted by atomic mass is 32.2. The van der Waals surface area contributed by atoms with Gasteiger partial charge in [0, 0.05) is 12.7 Å². The van der Waals surface area contributed by atoms with Crippen LogP contribution in [0.2, 0.25) is 0 Å². The molecule has 2 aromatic carbocycles. The number of ether oxygens (including phenoxy) is 1. The normalized spacial score (nSPS) is 11.6. The molecule has 0 aliphatic heterocycles. The number of methoxy groups -OCH3 is 1. The topological polar surface area (TPSA) is 58.6 Å². The summed E-state index contributed by atoms with van der Waals surface area (Å²) in [5.74, 6) is 0.421. The van der Waals surface area contributed by atoms with Crippen molar-refractivity contribution in [3.63, 3.8) is 0 Å². The first-order chi connectivity index (χ1) is 13.0. The molecule has 0 heterocycles. The van der Waals surface area contributed by atoms with E-state index in [1.807, 2.05) is 62.4 Å². The second-order valence-corrected chi connectivity index (χ2v) is 7.55. The lowest BCUT2D eigenvalue weighted by Crippen LogP contribution is -2.39. The third-order valence-electron chi connectivity index (χ3n) is 4.15. The summed E-state index contributed by atoms with van der Waals surface area (Å²) in [7, 11) is 3.25. The fourth-order valence-corrected chi connectivity index (χ4v) is 3.79. The maximum atomic E-state index is 12.6. The molecule has 0 saturated heterocycles. The van der Waals surface area contributed by atoms with Gasteiger partial charge >= 0.3 is 0 Å². The average molecular weight is 387 g/mol. The van der Waals surface area contributed by atoms with Crippen molar-refractivity contribution < 1.29 is 14.3 Å². The predicted molar refractivity (Wildman–Crippen MR) is 110 cm³/mol. The van der Waals surface area contributed by atoms with Crippen LogP contribution in [-0.4, -0.2) is 42.7 Å². The van der Waals surface area contributed by atoms with Gasteiger partial charge in [-0.05, 0) is 37.1 Å². The number of hydrogen-bond acceptors (Lipinski definition) is 4. The Morgan fingerprint density at radius 1 is 1.15 bits per heavy atom. The number of aryl methyl sites for hydroxylation is 1. The Morgan fingerprint density at radius 2 is 1.81 bits per heavy atom. The van der Waals surface area contributed by atoms with Crippen molar-refractivity contribution in [3.8, 4) is 5.75 Å². The molecule has 0 bridgehead atoms. The van der Waals surface area contributed by atoms with Gasteiger partial charge in [0.2, 0.25) is 11.8 Å². The van der Waals surface area contributed by atoms with Crippen LogP contribution in [0.25, 0.3) is 0 Å². The van der Waals surface area contributed by atoms with E-state index in [1.165, 1.54) is 16.7 Å². The molecule has 0 aliphatic carbocycles. The zero-order valence-corrected chi connectivity index (χ0v) is 17.0. The first-order valence-electron chi connectivity index (χ1n) is 8.88. The molecule has 0 aromatic heterocycles. The van der Waals surface area contributed by atoms with E-state index in [0.29, 0.717) is 0 Å². The van der Waals surface area contributed by atoms with Crippen LogP contribution in [0.3, 0.4) is 0 Å². The van der Waals surface area contributed by atoms with Crippen LogP contribution in [0.4, 0.5) is 5.69 Å². The molecule has 5 nitrogen and oxygen atoms in total. The number of likely N-dealkylation sites (N-methyl/N-ethyl adjacent to an activating group) is 1. The van der Waals surface area contributed by atoms with Crippen molar-refractivity contribution >= 4 is 29.3 Å². The molecule has 0 radical (unpaired) electrons. The lowest BCUT2D eigenvalue weighted by molar-refractivity contribution is -0.132. The summed E-state index contributed by atoms with van der Waals surface area (Å²) in [6, 6.07) is 15.3. The highest BCUT2D eigenvalue weighted by Gasteiger charge is 2.22. The summed E-state index contributed by atoms with van der Waals surface area (Å²) in [6.07, 6.45) is 0.831. The molecular formula is C21H26N2O3S. The number of carbonyl (C=O) groups is 2. The maximum absolute atomic E-state index is 12.6. The minimum Gasteiger partial charge on any atom is -0.496 e. The second-order valence-electron chi connectivity index (χ2n) is 6.16. The summed E-state index contributed by atoms with van der Waals surface area (Å²) in [6.45, 7) is 3.88. The predicted octanol–water partition coefficient (Wildman–Crippen LogP) is 3.84. The van der Waals surface area contributed by atoms with Gasteiger partial charge in [0.15, 0.2) is 0 Å². The number of hydrogen-bond donors (Lipinski definition) is 1. The van der Waals surface area contributed by atoms with Gasteiger partial charge < -0.3 is 15.0 Å². The summed E-state index contributed by atoms with van der Waals surface area (Å²) in [5, 5.41) is 2.56. The zero-order valence-electron chi connectivity index (χ0n) is 16.2. The van der Waals surface area contributed by atoms with Gasteiger partial charge in [-0.25, -0.2) is 0 Å². The largest absolute Gasteiger partial charge is 0.496 e. The van der Waals surface area contributed by atoms with Gasteiger partial charge in [0.05, 0.1) is 23.8 Å². The van der Waals surface area contributed by atoms with Crippen LogP contribution in [0.1, 0.15) is 19.4 Å². The van der Waals surface area contributed by atoms with Gasteiger partial charge in [-0.2, -0.15) is 0 Å². The van der Waals surface area contributed by atoms with Crippen molar-refractivity contribution in [2.45, 2.75) is 30.4 Å². The monoisotopic (exact) mass is 386 g/mol. The third-order valence-corrected chi connectivity index (χ3v) is 5.30. The van der Waals surface area contributed by atoms with Crippen molar-refractivity contribution in [2.75, 3.05) is 26.0 Å². The smallest absolute Gasteiger partial charge is 0.243 e. The number of nitrogens with zero attached hydrogens (tertiary/aromatic N) is 1. The minimum atomic E-state index is -0.331. The van der Waals surface area contributed by atoms with Gasteiger partial charge in [-0.1, -0.05) is 37.3 Å². The van der Waals surface area contributed by atoms with E-state index in [1.54, 1.807) is 14.2 Å². The lowest BCUT2D eigenvalue weighted by atomic mass is 10.1. The second kappa shape index (κ2) is 10.0. The molecule has 0 fully saturated rings. The van der Waals surface area contributed by atoms with Crippen molar-refractivity contribution in [3.05, 3.63) is 54.1 Å². The third kappa shape index (κ3) is 5.76. The number of thioether (sulfide) groups is 1. The highest BCUT2D eigenvalue weighted by Crippen LogP contribution is 2.32. The Morgan fingerprint density at radius 3 is 2.52 bits per heavy atom. The molecule has 1 atom stereocenters.